The van der Waals surface area contributed by atoms with Crippen LogP contribution in [0.15, 0.2) is 34.8 Å². The second-order valence-electron chi connectivity index (χ2n) is 4.50. The van der Waals surface area contributed by atoms with E-state index in [1.165, 1.54) is 11.3 Å². The molecule has 19 heavy (non-hydrogen) atoms. The van der Waals surface area contributed by atoms with E-state index < -0.39 is 0 Å². The maximum atomic E-state index is 12.5. The molecule has 98 valence electrons. The molecule has 0 spiro atoms. The zero-order chi connectivity index (χ0) is 13.4. The number of nitrogens with zero attached hydrogens (tertiary/aromatic N) is 1. The zero-order valence-corrected chi connectivity index (χ0v) is 12.6. The molecule has 3 rings (SSSR count). The maximum absolute atomic E-state index is 12.5. The van der Waals surface area contributed by atoms with Gasteiger partial charge in [-0.1, -0.05) is 34.1 Å². The summed E-state index contributed by atoms with van der Waals surface area (Å²) in [5.41, 5.74) is 6.73. The van der Waals surface area contributed by atoms with Crippen molar-refractivity contribution in [2.24, 2.45) is 0 Å². The molecule has 3 nitrogen and oxygen atoms in total. The van der Waals surface area contributed by atoms with E-state index in [0.29, 0.717) is 17.1 Å². The van der Waals surface area contributed by atoms with Gasteiger partial charge in [-0.15, -0.1) is 11.3 Å². The Bertz CT molecular complexity index is 677. The number of benzene rings is 1. The van der Waals surface area contributed by atoms with Crippen LogP contribution in [0.2, 0.25) is 0 Å². The lowest BCUT2D eigenvalue weighted by molar-refractivity contribution is 0.0777. The average Bonchev–Trinajstić information content (AvgIpc) is 2.75. The number of amides is 1. The van der Waals surface area contributed by atoms with Gasteiger partial charge in [-0.2, -0.15) is 0 Å². The van der Waals surface area contributed by atoms with Crippen molar-refractivity contribution >= 4 is 48.9 Å². The largest absolute Gasteiger partial charge is 0.397 e. The van der Waals surface area contributed by atoms with Gasteiger partial charge in [0.1, 0.15) is 4.88 Å². The average molecular weight is 337 g/mol. The van der Waals surface area contributed by atoms with Crippen LogP contribution >= 0.6 is 27.3 Å². The first-order valence-corrected chi connectivity index (χ1v) is 7.69. The summed E-state index contributed by atoms with van der Waals surface area (Å²) in [7, 11) is 0. The highest BCUT2D eigenvalue weighted by Crippen LogP contribution is 2.36. The normalized spacial score (nSPS) is 15.1. The Morgan fingerprint density at radius 1 is 1.37 bits per heavy atom. The fraction of sp³-hybridized carbons (Fsp3) is 0.214. The third-order valence-electron chi connectivity index (χ3n) is 3.23. The molecule has 0 atom stereocenters. The summed E-state index contributed by atoms with van der Waals surface area (Å²) in [6.45, 7) is 1.45. The van der Waals surface area contributed by atoms with Crippen LogP contribution in [0.1, 0.15) is 16.1 Å². The molecule has 0 saturated heterocycles. The second kappa shape index (κ2) is 4.98. The van der Waals surface area contributed by atoms with E-state index in [1.54, 1.807) is 0 Å². The maximum Gasteiger partial charge on any atom is 0.266 e. The predicted octanol–water partition coefficient (Wildman–Crippen LogP) is 3.65. The van der Waals surface area contributed by atoms with Gasteiger partial charge in [0.05, 0.1) is 5.69 Å². The van der Waals surface area contributed by atoms with Crippen LogP contribution < -0.4 is 5.73 Å². The van der Waals surface area contributed by atoms with Crippen molar-refractivity contribution in [2.45, 2.75) is 6.42 Å². The number of nitrogen functional groups attached to an aromatic ring is 1. The number of halogens is 1. The highest BCUT2D eigenvalue weighted by atomic mass is 79.9. The van der Waals surface area contributed by atoms with Crippen LogP contribution in [0.5, 0.6) is 0 Å². The zero-order valence-electron chi connectivity index (χ0n) is 10.2. The second-order valence-corrected chi connectivity index (χ2v) is 6.46. The van der Waals surface area contributed by atoms with Crippen LogP contribution in [0.4, 0.5) is 5.69 Å². The molecule has 0 radical (unpaired) electrons. The minimum Gasteiger partial charge on any atom is -0.397 e. The van der Waals surface area contributed by atoms with Crippen molar-refractivity contribution in [1.82, 2.24) is 4.90 Å². The highest BCUT2D eigenvalue weighted by Gasteiger charge is 2.22. The fourth-order valence-electron chi connectivity index (χ4n) is 2.22. The monoisotopic (exact) mass is 336 g/mol. The van der Waals surface area contributed by atoms with E-state index in [4.69, 9.17) is 5.73 Å². The van der Waals surface area contributed by atoms with Crippen molar-refractivity contribution < 1.29 is 4.79 Å². The van der Waals surface area contributed by atoms with Crippen LogP contribution in [-0.4, -0.2) is 23.9 Å². The van der Waals surface area contributed by atoms with Crippen LogP contribution in [0, 0.1) is 0 Å². The molecule has 0 unspecified atom stereocenters. The number of fused-ring (bicyclic) bond motifs is 1. The van der Waals surface area contributed by atoms with Gasteiger partial charge in [-0.3, -0.25) is 4.79 Å². The fourth-order valence-corrected chi connectivity index (χ4v) is 3.86. The van der Waals surface area contributed by atoms with Gasteiger partial charge < -0.3 is 10.6 Å². The van der Waals surface area contributed by atoms with Gasteiger partial charge in [-0.05, 0) is 18.6 Å². The molecular weight excluding hydrogens is 324 g/mol. The smallest absolute Gasteiger partial charge is 0.266 e. The van der Waals surface area contributed by atoms with Crippen LogP contribution in [-0.2, 0) is 0 Å². The molecule has 1 aromatic carbocycles. The molecule has 1 aromatic heterocycles. The molecule has 1 amide bonds. The Kier molecular flexibility index (Phi) is 3.33. The molecule has 1 aliphatic rings. The van der Waals surface area contributed by atoms with Crippen LogP contribution in [0.3, 0.4) is 0 Å². The Morgan fingerprint density at radius 2 is 2.21 bits per heavy atom. The Hall–Kier alpha value is -1.33. The molecular formula is C14H13BrN2OS. The summed E-state index contributed by atoms with van der Waals surface area (Å²) >= 11 is 4.91. The first-order valence-electron chi connectivity index (χ1n) is 6.08. The summed E-state index contributed by atoms with van der Waals surface area (Å²) in [5, 5.41) is 0.962. The van der Waals surface area contributed by atoms with Crippen molar-refractivity contribution in [3.63, 3.8) is 0 Å². The molecule has 0 bridgehead atoms. The molecule has 5 heteroatoms. The number of hydrogen-bond donors (Lipinski definition) is 1. The molecule has 2 aromatic rings. The van der Waals surface area contributed by atoms with E-state index >= 15 is 0 Å². The Balaban J connectivity index is 2.02. The summed E-state index contributed by atoms with van der Waals surface area (Å²) in [4.78, 5) is 15.0. The summed E-state index contributed by atoms with van der Waals surface area (Å²) < 4.78 is 2.05. The topological polar surface area (TPSA) is 46.3 Å². The first kappa shape index (κ1) is 12.7. The third kappa shape index (κ3) is 2.28. The van der Waals surface area contributed by atoms with E-state index in [1.807, 2.05) is 29.2 Å². The highest BCUT2D eigenvalue weighted by molar-refractivity contribution is 9.10. The minimum absolute atomic E-state index is 0.0409. The number of rotatable bonds is 1. The summed E-state index contributed by atoms with van der Waals surface area (Å²) in [5.74, 6) is 0.0409. The van der Waals surface area contributed by atoms with E-state index in [-0.39, 0.29) is 5.91 Å². The van der Waals surface area contributed by atoms with Gasteiger partial charge in [0.25, 0.3) is 5.91 Å². The lowest BCUT2D eigenvalue weighted by Gasteiger charge is -2.22. The molecule has 2 heterocycles. The van der Waals surface area contributed by atoms with Gasteiger partial charge >= 0.3 is 0 Å². The van der Waals surface area contributed by atoms with Crippen molar-refractivity contribution in [1.29, 1.82) is 0 Å². The molecule has 1 aliphatic heterocycles. The minimum atomic E-state index is 0.0409. The number of anilines is 1. The molecule has 2 N–H and O–H groups in total. The quantitative estimate of drug-likeness (QED) is 0.808. The molecule has 0 saturated carbocycles. The van der Waals surface area contributed by atoms with Gasteiger partial charge in [0.15, 0.2) is 0 Å². The number of carbonyl (C=O) groups is 1. The lowest BCUT2D eigenvalue weighted by Crippen LogP contribution is -2.33. The number of thiophene rings is 1. The van der Waals surface area contributed by atoms with E-state index in [2.05, 4.69) is 22.0 Å². The van der Waals surface area contributed by atoms with Crippen molar-refractivity contribution in [2.75, 3.05) is 18.8 Å². The number of nitrogens with two attached hydrogens (primary N) is 1. The Labute approximate surface area is 123 Å². The van der Waals surface area contributed by atoms with Crippen LogP contribution in [0.25, 0.3) is 10.1 Å². The SMILES string of the molecule is Nc1c(C(=O)N2CC=CCC2)sc2cc(Br)ccc12. The Morgan fingerprint density at radius 3 is 2.95 bits per heavy atom. The summed E-state index contributed by atoms with van der Waals surface area (Å²) in [6.07, 6.45) is 5.05. The van der Waals surface area contributed by atoms with Gasteiger partial charge in [-0.25, -0.2) is 0 Å². The number of hydrogen-bond acceptors (Lipinski definition) is 3. The van der Waals surface area contributed by atoms with Gasteiger partial charge in [0, 0.05) is 27.6 Å². The lowest BCUT2D eigenvalue weighted by atomic mass is 10.2. The summed E-state index contributed by atoms with van der Waals surface area (Å²) in [6, 6.07) is 5.91. The first-order chi connectivity index (χ1) is 9.16. The molecule has 0 aliphatic carbocycles. The number of carbonyl (C=O) groups excluding carboxylic acids is 1. The third-order valence-corrected chi connectivity index (χ3v) is 4.88. The van der Waals surface area contributed by atoms with Crippen molar-refractivity contribution in [3.05, 3.63) is 39.7 Å². The van der Waals surface area contributed by atoms with E-state index in [9.17, 15) is 4.79 Å². The van der Waals surface area contributed by atoms with Gasteiger partial charge in [0.2, 0.25) is 0 Å². The standard InChI is InChI=1S/C14H13BrN2OS/c15-9-4-5-10-11(8-9)19-13(12(10)16)14(18)17-6-2-1-3-7-17/h1-2,4-5,8H,3,6-7,16H2. The predicted molar refractivity (Wildman–Crippen MR) is 83.6 cm³/mol. The van der Waals surface area contributed by atoms with E-state index in [0.717, 1.165) is 27.5 Å². The van der Waals surface area contributed by atoms with Crippen molar-refractivity contribution in [3.8, 4) is 0 Å². The molecule has 0 fully saturated rings.